The fourth-order valence-corrected chi connectivity index (χ4v) is 7.18. The number of nitrogens with zero attached hydrogens (tertiary/aromatic N) is 1. The number of carbonyl (C=O) groups excluding carboxylic acids is 1. The minimum absolute atomic E-state index is 0.00227. The Bertz CT molecular complexity index is 918. The summed E-state index contributed by atoms with van der Waals surface area (Å²) in [6, 6.07) is 4.09. The fraction of sp³-hybridized carbons (Fsp3) is 0.667. The molecule has 0 radical (unpaired) electrons. The summed E-state index contributed by atoms with van der Waals surface area (Å²) in [6.45, 7) is 7.74. The van der Waals surface area contributed by atoms with E-state index in [1.807, 2.05) is 0 Å². The quantitative estimate of drug-likeness (QED) is 0.777. The number of phenols is 1. The van der Waals surface area contributed by atoms with Crippen molar-refractivity contribution >= 4 is 15.9 Å². The van der Waals surface area contributed by atoms with Crippen LogP contribution in [-0.4, -0.2) is 56.1 Å². The number of fused-ring (bicyclic) bond motifs is 2. The van der Waals surface area contributed by atoms with E-state index in [-0.39, 0.29) is 52.1 Å². The molecule has 1 aromatic carbocycles. The van der Waals surface area contributed by atoms with Crippen LogP contribution >= 0.6 is 0 Å². The van der Waals surface area contributed by atoms with E-state index < -0.39 is 10.0 Å². The van der Waals surface area contributed by atoms with E-state index in [1.165, 1.54) is 28.9 Å². The number of rotatable bonds is 4. The second-order valence-electron chi connectivity index (χ2n) is 9.52. The van der Waals surface area contributed by atoms with Crippen molar-refractivity contribution in [2.45, 2.75) is 51.0 Å². The van der Waals surface area contributed by atoms with Crippen LogP contribution in [0.25, 0.3) is 0 Å². The highest BCUT2D eigenvalue weighted by Gasteiger charge is 2.59. The molecule has 0 aromatic heterocycles. The highest BCUT2D eigenvalue weighted by atomic mass is 32.2. The average molecular weight is 423 g/mol. The van der Waals surface area contributed by atoms with Crippen LogP contribution < -0.4 is 5.32 Å². The zero-order valence-electron chi connectivity index (χ0n) is 17.3. The maximum atomic E-state index is 13.1. The molecule has 1 unspecified atom stereocenters. The van der Waals surface area contributed by atoms with Crippen molar-refractivity contribution < 1.29 is 23.1 Å². The van der Waals surface area contributed by atoms with E-state index in [0.29, 0.717) is 19.1 Å². The molecular formula is C21H30N2O5S. The summed E-state index contributed by atoms with van der Waals surface area (Å²) in [5.74, 6) is -0.0505. The molecule has 1 saturated heterocycles. The van der Waals surface area contributed by atoms with Crippen LogP contribution in [0.1, 0.15) is 50.4 Å². The smallest absolute Gasteiger partial charge is 0.251 e. The Morgan fingerprint density at radius 3 is 2.55 bits per heavy atom. The maximum absolute atomic E-state index is 13.1. The number of hydrogen-bond acceptors (Lipinski definition) is 5. The molecular weight excluding hydrogens is 392 g/mol. The molecule has 29 heavy (non-hydrogen) atoms. The van der Waals surface area contributed by atoms with Crippen LogP contribution in [0.2, 0.25) is 0 Å². The third-order valence-corrected chi connectivity index (χ3v) is 9.28. The molecule has 1 aromatic rings. The Morgan fingerprint density at radius 2 is 1.93 bits per heavy atom. The summed E-state index contributed by atoms with van der Waals surface area (Å²) in [5, 5.41) is 13.4. The van der Waals surface area contributed by atoms with Gasteiger partial charge in [0.2, 0.25) is 10.0 Å². The number of amides is 1. The van der Waals surface area contributed by atoms with Gasteiger partial charge in [-0.2, -0.15) is 4.31 Å². The summed E-state index contributed by atoms with van der Waals surface area (Å²) >= 11 is 0. The Labute approximate surface area is 172 Å². The number of ether oxygens (including phenoxy) is 1. The van der Waals surface area contributed by atoms with Crippen LogP contribution in [-0.2, 0) is 14.8 Å². The highest BCUT2D eigenvalue weighted by molar-refractivity contribution is 7.89. The molecule has 3 atom stereocenters. The predicted octanol–water partition coefficient (Wildman–Crippen LogP) is 2.36. The van der Waals surface area contributed by atoms with Gasteiger partial charge in [-0.15, -0.1) is 0 Å². The van der Waals surface area contributed by atoms with Gasteiger partial charge in [-0.05, 0) is 54.2 Å². The number of nitrogens with one attached hydrogen (secondary N) is 1. The van der Waals surface area contributed by atoms with Gasteiger partial charge >= 0.3 is 0 Å². The summed E-state index contributed by atoms with van der Waals surface area (Å²) in [7, 11) is -3.90. The van der Waals surface area contributed by atoms with E-state index in [2.05, 4.69) is 26.1 Å². The molecule has 2 aliphatic carbocycles. The SMILES string of the molecule is CC1(C)C(NC(=O)c2ccc(O)c(S(=O)(=O)N3CCOCC3)c2)[C@@]2(C)CC[C@@H]1C2. The molecule has 1 heterocycles. The Kier molecular flexibility index (Phi) is 4.95. The Morgan fingerprint density at radius 1 is 1.24 bits per heavy atom. The van der Waals surface area contributed by atoms with Crippen molar-refractivity contribution in [1.29, 1.82) is 0 Å². The van der Waals surface area contributed by atoms with Gasteiger partial charge in [0, 0.05) is 24.7 Å². The number of benzene rings is 1. The van der Waals surface area contributed by atoms with Gasteiger partial charge in [-0.3, -0.25) is 4.79 Å². The monoisotopic (exact) mass is 422 g/mol. The zero-order chi connectivity index (χ0) is 21.0. The van der Waals surface area contributed by atoms with Gasteiger partial charge in [0.05, 0.1) is 13.2 Å². The van der Waals surface area contributed by atoms with Crippen LogP contribution in [0, 0.1) is 16.7 Å². The first-order valence-corrected chi connectivity index (χ1v) is 11.7. The summed E-state index contributed by atoms with van der Waals surface area (Å²) < 4.78 is 32.4. The van der Waals surface area contributed by atoms with Gasteiger partial charge in [0.25, 0.3) is 5.91 Å². The number of morpholine rings is 1. The number of sulfonamides is 1. The third kappa shape index (κ3) is 3.35. The Hall–Kier alpha value is -1.64. The lowest BCUT2D eigenvalue weighted by atomic mass is 9.68. The lowest BCUT2D eigenvalue weighted by Crippen LogP contribution is -2.52. The molecule has 3 aliphatic rings. The second-order valence-corrected chi connectivity index (χ2v) is 11.4. The molecule has 160 valence electrons. The van der Waals surface area contributed by atoms with Crippen molar-refractivity contribution in [2.24, 2.45) is 16.7 Å². The molecule has 2 N–H and O–H groups in total. The Balaban J connectivity index is 1.60. The van der Waals surface area contributed by atoms with Crippen LogP contribution in [0.3, 0.4) is 0 Å². The number of aromatic hydroxyl groups is 1. The van der Waals surface area contributed by atoms with Crippen LogP contribution in [0.15, 0.2) is 23.1 Å². The van der Waals surface area contributed by atoms with E-state index in [9.17, 15) is 18.3 Å². The molecule has 4 rings (SSSR count). The van der Waals surface area contributed by atoms with E-state index in [1.54, 1.807) is 0 Å². The number of carbonyl (C=O) groups is 1. The van der Waals surface area contributed by atoms with Gasteiger partial charge in [-0.25, -0.2) is 8.42 Å². The third-order valence-electron chi connectivity index (χ3n) is 7.36. The number of hydrogen-bond donors (Lipinski definition) is 2. The first kappa shape index (κ1) is 20.6. The van der Waals surface area contributed by atoms with E-state index in [4.69, 9.17) is 4.74 Å². The van der Waals surface area contributed by atoms with Gasteiger partial charge < -0.3 is 15.2 Å². The average Bonchev–Trinajstić information content (AvgIpc) is 3.17. The van der Waals surface area contributed by atoms with Gasteiger partial charge in [-0.1, -0.05) is 20.8 Å². The largest absolute Gasteiger partial charge is 0.507 e. The van der Waals surface area contributed by atoms with Gasteiger partial charge in [0.1, 0.15) is 10.6 Å². The zero-order valence-corrected chi connectivity index (χ0v) is 18.1. The fourth-order valence-electron chi connectivity index (χ4n) is 5.66. The molecule has 3 fully saturated rings. The molecule has 0 spiro atoms. The molecule has 1 amide bonds. The molecule has 7 nitrogen and oxygen atoms in total. The van der Waals surface area contributed by atoms with Crippen LogP contribution in [0.5, 0.6) is 5.75 Å². The standard InChI is InChI=1S/C21H30N2O5S/c1-20(2)15-6-7-21(3,13-15)19(20)22-18(25)14-4-5-16(24)17(12-14)29(26,27)23-8-10-28-11-9-23/h4-5,12,15,19,24H,6-11,13H2,1-3H3,(H,22,25)/t15-,19?,21+/m1/s1. The molecule has 2 saturated carbocycles. The topological polar surface area (TPSA) is 95.9 Å². The first-order chi connectivity index (χ1) is 13.6. The van der Waals surface area contributed by atoms with Crippen molar-refractivity contribution in [3.8, 4) is 5.75 Å². The predicted molar refractivity (Wildman–Crippen MR) is 108 cm³/mol. The highest BCUT2D eigenvalue weighted by Crippen LogP contribution is 2.62. The van der Waals surface area contributed by atoms with Crippen molar-refractivity contribution in [3.05, 3.63) is 23.8 Å². The lowest BCUT2D eigenvalue weighted by molar-refractivity contribution is 0.0728. The summed E-state index contributed by atoms with van der Waals surface area (Å²) in [4.78, 5) is 12.8. The first-order valence-electron chi connectivity index (χ1n) is 10.3. The molecule has 8 heteroatoms. The van der Waals surface area contributed by atoms with Crippen LogP contribution in [0.4, 0.5) is 0 Å². The normalized spacial score (nSPS) is 31.7. The number of phenolic OH excluding ortho intramolecular Hbond substituents is 1. The lowest BCUT2D eigenvalue weighted by Gasteiger charge is -2.43. The van der Waals surface area contributed by atoms with Gasteiger partial charge in [0.15, 0.2) is 0 Å². The van der Waals surface area contributed by atoms with E-state index in [0.717, 1.165) is 12.8 Å². The summed E-state index contributed by atoms with van der Waals surface area (Å²) in [5.41, 5.74) is 0.322. The molecule has 2 bridgehead atoms. The minimum atomic E-state index is -3.90. The van der Waals surface area contributed by atoms with Crippen molar-refractivity contribution in [2.75, 3.05) is 26.3 Å². The summed E-state index contributed by atoms with van der Waals surface area (Å²) in [6.07, 6.45) is 3.40. The maximum Gasteiger partial charge on any atom is 0.251 e. The van der Waals surface area contributed by atoms with Crippen molar-refractivity contribution in [1.82, 2.24) is 9.62 Å². The van der Waals surface area contributed by atoms with Crippen molar-refractivity contribution in [3.63, 3.8) is 0 Å². The minimum Gasteiger partial charge on any atom is -0.507 e. The second kappa shape index (κ2) is 6.96. The molecule has 1 aliphatic heterocycles. The van der Waals surface area contributed by atoms with E-state index >= 15 is 0 Å².